The van der Waals surface area contributed by atoms with E-state index in [1.165, 1.54) is 31.7 Å². The van der Waals surface area contributed by atoms with Gasteiger partial charge in [-0.25, -0.2) is 0 Å². The molecule has 0 atom stereocenters. The van der Waals surface area contributed by atoms with E-state index in [0.29, 0.717) is 0 Å². The van der Waals surface area contributed by atoms with Crippen LogP contribution in [0.25, 0.3) is 15.7 Å². The minimum Gasteiger partial charge on any atom is -0.144 e. The number of hydrogen-bond donors (Lipinski definition) is 0. The van der Waals surface area contributed by atoms with Crippen LogP contribution in [0.5, 0.6) is 0 Å². The molecule has 1 aliphatic rings. The van der Waals surface area contributed by atoms with Crippen LogP contribution in [0.15, 0.2) is 45.5 Å². The molecule has 0 fully saturated rings. The third kappa shape index (κ3) is 2.13. The van der Waals surface area contributed by atoms with Crippen molar-refractivity contribution in [2.45, 2.75) is 4.90 Å². The molecular formula is C14H10Br2S2. The molecule has 0 aliphatic carbocycles. The quantitative estimate of drug-likeness (QED) is 0.550. The lowest BCUT2D eigenvalue weighted by molar-refractivity contribution is 1.43. The Labute approximate surface area is 131 Å². The highest BCUT2D eigenvalue weighted by atomic mass is 79.9. The molecule has 0 bridgehead atoms. The maximum Gasteiger partial charge on any atom is 0.0354 e. The van der Waals surface area contributed by atoms with E-state index in [9.17, 15) is 0 Å². The van der Waals surface area contributed by atoms with Crippen LogP contribution < -0.4 is 0 Å². The molecule has 3 rings (SSSR count). The number of benzene rings is 1. The summed E-state index contributed by atoms with van der Waals surface area (Å²) in [4.78, 5) is 1.38. The number of fused-ring (bicyclic) bond motifs is 3. The van der Waals surface area contributed by atoms with Gasteiger partial charge in [0, 0.05) is 25.6 Å². The summed E-state index contributed by atoms with van der Waals surface area (Å²) in [6.07, 6.45) is 2.22. The maximum absolute atomic E-state index is 3.63. The molecule has 2 aromatic rings. The highest BCUT2D eigenvalue weighted by Crippen LogP contribution is 2.41. The van der Waals surface area contributed by atoms with Gasteiger partial charge in [-0.05, 0) is 39.6 Å². The monoisotopic (exact) mass is 400 g/mol. The normalized spacial score (nSPS) is 15.0. The Balaban J connectivity index is 2.32. The first kappa shape index (κ1) is 13.0. The Morgan fingerprint density at radius 3 is 2.72 bits per heavy atom. The number of thioether (sulfide) groups is 1. The van der Waals surface area contributed by atoms with Crippen molar-refractivity contribution in [2.24, 2.45) is 0 Å². The van der Waals surface area contributed by atoms with E-state index in [1.807, 2.05) is 23.1 Å². The van der Waals surface area contributed by atoms with E-state index in [0.717, 1.165) is 10.7 Å². The average Bonchev–Trinajstić information content (AvgIpc) is 2.79. The Hall–Kier alpha value is -0.0300. The Bertz CT molecular complexity index is 653. The molecule has 0 spiro atoms. The molecule has 0 saturated heterocycles. The van der Waals surface area contributed by atoms with Crippen molar-refractivity contribution in [1.82, 2.24) is 0 Å². The van der Waals surface area contributed by atoms with Crippen molar-refractivity contribution in [3.63, 3.8) is 0 Å². The topological polar surface area (TPSA) is 0 Å². The molecule has 0 saturated carbocycles. The fraction of sp³-hybridized carbons (Fsp3) is 0.143. The highest BCUT2D eigenvalue weighted by molar-refractivity contribution is 9.09. The van der Waals surface area contributed by atoms with Crippen molar-refractivity contribution >= 4 is 70.6 Å². The van der Waals surface area contributed by atoms with E-state index < -0.39 is 0 Å². The minimum atomic E-state index is 0.890. The number of alkyl halides is 2. The van der Waals surface area contributed by atoms with Gasteiger partial charge in [-0.2, -0.15) is 0 Å². The summed E-state index contributed by atoms with van der Waals surface area (Å²) in [6.45, 7) is 0. The fourth-order valence-corrected chi connectivity index (χ4v) is 5.16. The largest absolute Gasteiger partial charge is 0.144 e. The summed E-state index contributed by atoms with van der Waals surface area (Å²) in [5, 5.41) is 7.53. The molecule has 0 radical (unpaired) electrons. The van der Waals surface area contributed by atoms with E-state index in [-0.39, 0.29) is 0 Å². The summed E-state index contributed by atoms with van der Waals surface area (Å²) in [7, 11) is 0. The van der Waals surface area contributed by atoms with Gasteiger partial charge in [0.2, 0.25) is 0 Å². The molecule has 1 aliphatic heterocycles. The van der Waals surface area contributed by atoms with Gasteiger partial charge in [-0.3, -0.25) is 0 Å². The van der Waals surface area contributed by atoms with Crippen LogP contribution in [0.2, 0.25) is 0 Å². The standard InChI is InChI=1S/C14H10Br2S2/c15-7-9-3-5-18-14-10(12(9)8-16)1-2-13-11(14)4-6-17-13/h1-6H,7-8H2. The number of hydrogen-bond acceptors (Lipinski definition) is 2. The van der Waals surface area contributed by atoms with Crippen molar-refractivity contribution in [1.29, 1.82) is 0 Å². The van der Waals surface area contributed by atoms with Crippen LogP contribution in [-0.2, 0) is 0 Å². The second-order valence-electron chi connectivity index (χ2n) is 3.97. The lowest BCUT2D eigenvalue weighted by Gasteiger charge is -2.11. The predicted molar refractivity (Wildman–Crippen MR) is 91.3 cm³/mol. The minimum absolute atomic E-state index is 0.890. The number of halogens is 2. The lowest BCUT2D eigenvalue weighted by Crippen LogP contribution is -1.93. The summed E-state index contributed by atoms with van der Waals surface area (Å²) in [5.41, 5.74) is 4.10. The zero-order chi connectivity index (χ0) is 12.5. The van der Waals surface area contributed by atoms with Gasteiger partial charge in [-0.15, -0.1) is 11.3 Å². The first-order valence-electron chi connectivity index (χ1n) is 5.53. The van der Waals surface area contributed by atoms with Gasteiger partial charge >= 0.3 is 0 Å². The molecular weight excluding hydrogens is 392 g/mol. The zero-order valence-electron chi connectivity index (χ0n) is 9.45. The molecule has 92 valence electrons. The molecule has 2 heterocycles. The van der Waals surface area contributed by atoms with Crippen molar-refractivity contribution in [3.05, 3.63) is 46.2 Å². The van der Waals surface area contributed by atoms with Crippen LogP contribution in [0.4, 0.5) is 0 Å². The van der Waals surface area contributed by atoms with Gasteiger partial charge in [0.15, 0.2) is 0 Å². The van der Waals surface area contributed by atoms with Crippen LogP contribution in [0, 0.1) is 0 Å². The summed E-state index contributed by atoms with van der Waals surface area (Å²) in [5.74, 6) is 0. The van der Waals surface area contributed by atoms with Crippen LogP contribution in [0.3, 0.4) is 0 Å². The summed E-state index contributed by atoms with van der Waals surface area (Å²) < 4.78 is 1.37. The zero-order valence-corrected chi connectivity index (χ0v) is 14.3. The molecule has 18 heavy (non-hydrogen) atoms. The van der Waals surface area contributed by atoms with Crippen LogP contribution in [0.1, 0.15) is 5.56 Å². The third-order valence-electron chi connectivity index (χ3n) is 3.03. The van der Waals surface area contributed by atoms with Gasteiger partial charge < -0.3 is 0 Å². The highest BCUT2D eigenvalue weighted by Gasteiger charge is 2.16. The van der Waals surface area contributed by atoms with E-state index >= 15 is 0 Å². The summed E-state index contributed by atoms with van der Waals surface area (Å²) >= 11 is 10.8. The Morgan fingerprint density at radius 2 is 1.94 bits per heavy atom. The predicted octanol–water partition coefficient (Wildman–Crippen LogP) is 6.06. The maximum atomic E-state index is 3.63. The van der Waals surface area contributed by atoms with Gasteiger partial charge in [0.05, 0.1) is 0 Å². The lowest BCUT2D eigenvalue weighted by atomic mass is 10.0. The number of allylic oxidation sites excluding steroid dienone is 3. The third-order valence-corrected chi connectivity index (χ3v) is 6.03. The Kier molecular flexibility index (Phi) is 3.99. The van der Waals surface area contributed by atoms with Crippen LogP contribution >= 0.6 is 55.0 Å². The average molecular weight is 402 g/mol. The number of rotatable bonds is 2. The van der Waals surface area contributed by atoms with Crippen LogP contribution in [-0.4, -0.2) is 10.7 Å². The molecule has 1 aromatic carbocycles. The van der Waals surface area contributed by atoms with E-state index in [4.69, 9.17) is 0 Å². The molecule has 0 nitrogen and oxygen atoms in total. The molecule has 0 amide bonds. The second-order valence-corrected chi connectivity index (χ2v) is 6.95. The first-order chi connectivity index (χ1) is 8.85. The number of thiophene rings is 1. The second kappa shape index (κ2) is 5.53. The smallest absolute Gasteiger partial charge is 0.0354 e. The molecule has 0 N–H and O–H groups in total. The van der Waals surface area contributed by atoms with Crippen molar-refractivity contribution < 1.29 is 0 Å². The fourth-order valence-electron chi connectivity index (χ4n) is 2.12. The van der Waals surface area contributed by atoms with Gasteiger partial charge in [-0.1, -0.05) is 55.8 Å². The molecule has 0 unspecified atom stereocenters. The SMILES string of the molecule is BrCC1=C(CBr)c2ccc3sccc3c2SC=C1. The van der Waals surface area contributed by atoms with E-state index in [1.54, 1.807) is 0 Å². The molecule has 1 aromatic heterocycles. The van der Waals surface area contributed by atoms with Gasteiger partial charge in [0.25, 0.3) is 0 Å². The van der Waals surface area contributed by atoms with E-state index in [2.05, 4.69) is 66.9 Å². The van der Waals surface area contributed by atoms with Crippen molar-refractivity contribution in [3.8, 4) is 0 Å². The van der Waals surface area contributed by atoms with Crippen molar-refractivity contribution in [2.75, 3.05) is 10.7 Å². The molecule has 4 heteroatoms. The Morgan fingerprint density at radius 1 is 1.06 bits per heavy atom. The first-order valence-corrected chi connectivity index (χ1v) is 9.53. The van der Waals surface area contributed by atoms with Gasteiger partial charge in [0.1, 0.15) is 0 Å². The summed E-state index contributed by atoms with van der Waals surface area (Å²) in [6, 6.07) is 6.72.